The molecule has 9 unspecified atom stereocenters. The summed E-state index contributed by atoms with van der Waals surface area (Å²) in [6.45, 7) is 6.45. The van der Waals surface area contributed by atoms with E-state index >= 15 is 4.79 Å². The number of hydrogen-bond donors (Lipinski definition) is 6. The maximum absolute atomic E-state index is 15.0. The zero-order valence-electron chi connectivity index (χ0n) is 31.7. The first-order chi connectivity index (χ1) is 26.4. The summed E-state index contributed by atoms with van der Waals surface area (Å²) >= 11 is 0. The number of aromatic hydroxyl groups is 2. The van der Waals surface area contributed by atoms with Gasteiger partial charge in [0.1, 0.15) is 28.6 Å². The largest absolute Gasteiger partial charge is 0.508 e. The highest BCUT2D eigenvalue weighted by atomic mass is 16.6. The van der Waals surface area contributed by atoms with Crippen LogP contribution in [0.2, 0.25) is 0 Å². The molecule has 15 heteroatoms. The summed E-state index contributed by atoms with van der Waals surface area (Å²) in [5.74, 6) is -11.3. The zero-order valence-corrected chi connectivity index (χ0v) is 31.7. The van der Waals surface area contributed by atoms with Gasteiger partial charge in [-0.05, 0) is 51.8 Å². The number of phenolic OH excluding ortho intramolecular Hbond substituents is 2. The van der Waals surface area contributed by atoms with E-state index in [1.807, 2.05) is 0 Å². The lowest BCUT2D eigenvalue weighted by Crippen LogP contribution is -2.64. The van der Waals surface area contributed by atoms with Gasteiger partial charge in [0.25, 0.3) is 5.91 Å². The third-order valence-corrected chi connectivity index (χ3v) is 12.1. The number of aliphatic hydroxyl groups is 3. The number of methoxy groups -OCH3 is 2. The van der Waals surface area contributed by atoms with Crippen LogP contribution >= 0.6 is 0 Å². The smallest absolute Gasteiger partial charge is 0.333 e. The normalized spacial score (nSPS) is 31.7. The van der Waals surface area contributed by atoms with Gasteiger partial charge in [0.05, 0.1) is 35.0 Å². The second-order valence-corrected chi connectivity index (χ2v) is 14.8. The van der Waals surface area contributed by atoms with Crippen molar-refractivity contribution in [3.63, 3.8) is 0 Å². The van der Waals surface area contributed by atoms with E-state index in [1.54, 1.807) is 39.8 Å². The van der Waals surface area contributed by atoms with Crippen LogP contribution < -0.4 is 5.73 Å². The number of ketones is 3. The molecule has 1 saturated carbocycles. The maximum atomic E-state index is 15.0. The molecule has 0 bridgehead atoms. The number of amides is 1. The van der Waals surface area contributed by atoms with Gasteiger partial charge >= 0.3 is 5.97 Å². The minimum absolute atomic E-state index is 0.119. The first-order valence-corrected chi connectivity index (χ1v) is 18.1. The molecule has 0 spiro atoms. The number of hydrogen-bond acceptors (Lipinski definition) is 14. The van der Waals surface area contributed by atoms with Crippen molar-refractivity contribution in [2.45, 2.75) is 82.6 Å². The van der Waals surface area contributed by atoms with Gasteiger partial charge in [0.15, 0.2) is 23.3 Å². The number of carbonyl (C=O) groups excluding carboxylic acids is 5. The van der Waals surface area contributed by atoms with Crippen molar-refractivity contribution in [3.8, 4) is 11.5 Å². The average molecular weight is 776 g/mol. The summed E-state index contributed by atoms with van der Waals surface area (Å²) in [4.78, 5) is 67.9. The standard InChI is InChI=1S/C41H45NO14/c1-7-17(2)39(52)56-35-18(3)55-28(16-27(35)45)20-12-13-22-29(32(20)46)34(48)30-24(40(22,4)53-5)15-23-21(14-26(44)19-10-8-9-11-25(19)43)33(47)31(38(42)51)37(50)41(23,54-6)36(30)49/h7-13,18,21,23-24,27-28,35,43,45-46,48,50H,14-16H2,1-6H3,(H2,42,51)/b17-7-. The van der Waals surface area contributed by atoms with Crippen LogP contribution in [0.3, 0.4) is 0 Å². The molecule has 0 aromatic heterocycles. The van der Waals surface area contributed by atoms with E-state index < -0.39 is 112 Å². The van der Waals surface area contributed by atoms with Gasteiger partial charge in [0, 0.05) is 61.5 Å². The number of carbonyl (C=O) groups is 5. The van der Waals surface area contributed by atoms with Gasteiger partial charge in [-0.1, -0.05) is 30.3 Å². The second kappa shape index (κ2) is 14.6. The number of aliphatic hydroxyl groups excluding tert-OH is 3. The van der Waals surface area contributed by atoms with Gasteiger partial charge in [-0.3, -0.25) is 19.2 Å². The first kappa shape index (κ1) is 40.3. The lowest BCUT2D eigenvalue weighted by Gasteiger charge is -2.54. The second-order valence-electron chi connectivity index (χ2n) is 14.8. The number of benzene rings is 2. The zero-order chi connectivity index (χ0) is 41.2. The lowest BCUT2D eigenvalue weighted by molar-refractivity contribution is -0.191. The van der Waals surface area contributed by atoms with Crippen molar-refractivity contribution in [1.29, 1.82) is 0 Å². The number of fused-ring (bicyclic) bond motifs is 3. The summed E-state index contributed by atoms with van der Waals surface area (Å²) in [5.41, 5.74) is 0.634. The molecular formula is C41H45NO14. The van der Waals surface area contributed by atoms with E-state index in [4.69, 9.17) is 24.7 Å². The molecule has 2 aromatic carbocycles. The molecular weight excluding hydrogens is 730 g/mol. The minimum atomic E-state index is -2.51. The molecule has 3 aliphatic carbocycles. The summed E-state index contributed by atoms with van der Waals surface area (Å²) in [5, 5.41) is 57.1. The number of esters is 1. The van der Waals surface area contributed by atoms with Crippen LogP contribution in [-0.4, -0.2) is 92.9 Å². The maximum Gasteiger partial charge on any atom is 0.333 e. The van der Waals surface area contributed by atoms with Gasteiger partial charge in [-0.25, -0.2) is 4.79 Å². The van der Waals surface area contributed by atoms with Crippen LogP contribution in [0.5, 0.6) is 11.5 Å². The SMILES string of the molecule is C/C=C(/C)C(=O)OC1C(O)CC(c2ccc3c(c2O)C(O)=C2C(=O)C4(OC)C(O)=C(C(N)=O)C(=O)C(CC(=O)c5ccccc5O)C4CC2C3(C)OC)OC1C. The molecule has 1 amide bonds. The van der Waals surface area contributed by atoms with E-state index in [9.17, 15) is 44.7 Å². The van der Waals surface area contributed by atoms with E-state index in [0.717, 1.165) is 7.11 Å². The summed E-state index contributed by atoms with van der Waals surface area (Å²) in [6.07, 6.45) is -3.43. The molecule has 0 radical (unpaired) electrons. The van der Waals surface area contributed by atoms with Crippen molar-refractivity contribution in [3.05, 3.63) is 87.2 Å². The van der Waals surface area contributed by atoms with E-state index in [2.05, 4.69) is 0 Å². The van der Waals surface area contributed by atoms with Crippen molar-refractivity contribution in [1.82, 2.24) is 0 Å². The molecule has 56 heavy (non-hydrogen) atoms. The highest BCUT2D eigenvalue weighted by Gasteiger charge is 2.67. The van der Waals surface area contributed by atoms with Gasteiger partial charge in [0.2, 0.25) is 5.78 Å². The Balaban J connectivity index is 1.47. The lowest BCUT2D eigenvalue weighted by atomic mass is 9.52. The number of ether oxygens (including phenoxy) is 4. The van der Waals surface area contributed by atoms with Gasteiger partial charge in [-0.2, -0.15) is 0 Å². The van der Waals surface area contributed by atoms with Crippen LogP contribution in [0.25, 0.3) is 5.76 Å². The van der Waals surface area contributed by atoms with Crippen LogP contribution in [0, 0.1) is 17.8 Å². The number of allylic oxidation sites excluding steroid dienone is 1. The quantitative estimate of drug-likeness (QED) is 0.0921. The molecule has 1 aliphatic heterocycles. The van der Waals surface area contributed by atoms with E-state index in [0.29, 0.717) is 5.57 Å². The van der Waals surface area contributed by atoms with Crippen molar-refractivity contribution in [2.75, 3.05) is 14.2 Å². The molecule has 2 fully saturated rings. The number of rotatable bonds is 9. The Morgan fingerprint density at radius 1 is 1.02 bits per heavy atom. The summed E-state index contributed by atoms with van der Waals surface area (Å²) < 4.78 is 23.5. The van der Waals surface area contributed by atoms with E-state index in [-0.39, 0.29) is 46.4 Å². The number of para-hydroxylation sites is 1. The Morgan fingerprint density at radius 3 is 2.29 bits per heavy atom. The van der Waals surface area contributed by atoms with Crippen LogP contribution in [0.15, 0.2) is 65.0 Å². The third-order valence-electron chi connectivity index (χ3n) is 12.1. The van der Waals surface area contributed by atoms with Crippen LogP contribution in [-0.2, 0) is 43.7 Å². The third kappa shape index (κ3) is 5.92. The molecule has 6 rings (SSSR count). The number of phenols is 2. The van der Waals surface area contributed by atoms with E-state index in [1.165, 1.54) is 37.4 Å². The average Bonchev–Trinajstić information content (AvgIpc) is 3.16. The van der Waals surface area contributed by atoms with Crippen LogP contribution in [0.1, 0.15) is 80.1 Å². The molecule has 15 nitrogen and oxygen atoms in total. The highest BCUT2D eigenvalue weighted by Crippen LogP contribution is 2.60. The predicted molar refractivity (Wildman–Crippen MR) is 196 cm³/mol. The number of Topliss-reactive ketones (excluding diaryl/α,β-unsaturated/α-hetero) is 3. The van der Waals surface area contributed by atoms with Crippen molar-refractivity contribution >= 4 is 35.0 Å². The Labute approximate surface area is 322 Å². The Kier molecular flexibility index (Phi) is 10.5. The Bertz CT molecular complexity index is 2120. The summed E-state index contributed by atoms with van der Waals surface area (Å²) in [7, 11) is 2.42. The Hall–Kier alpha value is -5.35. The molecule has 2 aromatic rings. The molecule has 1 saturated heterocycles. The van der Waals surface area contributed by atoms with Crippen molar-refractivity contribution < 1.29 is 68.5 Å². The topological polar surface area (TPSA) is 249 Å². The van der Waals surface area contributed by atoms with Crippen molar-refractivity contribution in [2.24, 2.45) is 23.5 Å². The van der Waals surface area contributed by atoms with Crippen LogP contribution in [0.4, 0.5) is 0 Å². The molecule has 298 valence electrons. The molecule has 9 atom stereocenters. The van der Waals surface area contributed by atoms with Gasteiger partial charge in [-0.15, -0.1) is 0 Å². The fraction of sp³-hybridized carbons (Fsp3) is 0.439. The highest BCUT2D eigenvalue weighted by molar-refractivity contribution is 6.24. The van der Waals surface area contributed by atoms with Gasteiger partial charge < -0.3 is 50.2 Å². The monoisotopic (exact) mass is 775 g/mol. The minimum Gasteiger partial charge on any atom is -0.508 e. The first-order valence-electron chi connectivity index (χ1n) is 18.1. The fourth-order valence-electron chi connectivity index (χ4n) is 8.93. The predicted octanol–water partition coefficient (Wildman–Crippen LogP) is 3.69. The molecule has 4 aliphatic rings. The summed E-state index contributed by atoms with van der Waals surface area (Å²) in [6, 6.07) is 8.74. The number of nitrogens with two attached hydrogens (primary N) is 1. The molecule has 7 N–H and O–H groups in total. The molecule has 1 heterocycles. The number of primary amides is 1. The Morgan fingerprint density at radius 2 is 1.70 bits per heavy atom. The fourth-order valence-corrected chi connectivity index (χ4v) is 8.93.